The van der Waals surface area contributed by atoms with Crippen LogP contribution in [0.25, 0.3) is 33.1 Å². The Bertz CT molecular complexity index is 1400. The molecule has 5 rings (SSSR count). The largest absolute Gasteiger partial charge is 0.464 e. The van der Waals surface area contributed by atoms with Crippen LogP contribution in [0.3, 0.4) is 0 Å². The summed E-state index contributed by atoms with van der Waals surface area (Å²) in [6.45, 7) is 0.512. The van der Waals surface area contributed by atoms with Crippen molar-refractivity contribution in [3.8, 4) is 11.3 Å². The molecular formula is C24H15Cl2N2O2. The van der Waals surface area contributed by atoms with E-state index in [4.69, 9.17) is 33.4 Å². The number of hydrogen-bond donors (Lipinski definition) is 1. The number of primary amides is 1. The van der Waals surface area contributed by atoms with Gasteiger partial charge >= 0.3 is 0 Å². The van der Waals surface area contributed by atoms with Gasteiger partial charge in [-0.1, -0.05) is 29.3 Å². The standard InChI is InChI=1S/C24H15Cl2N2O2/c25-16-9-14(10-17(26)12-16)13-28-20-4-1-3-19(24(27)29)23(20)18-7-6-15(11-21(18)28)22-5-2-8-30-22/h1-6,8-12H,13H2,(H2,27,29). The number of nitrogens with zero attached hydrogens (tertiary/aromatic N) is 1. The minimum Gasteiger partial charge on any atom is -0.464 e. The molecule has 0 unspecified atom stereocenters. The van der Waals surface area contributed by atoms with Crippen molar-refractivity contribution < 1.29 is 9.21 Å². The number of fused-ring (bicyclic) bond motifs is 3. The van der Waals surface area contributed by atoms with Crippen molar-refractivity contribution in [2.24, 2.45) is 5.73 Å². The molecule has 1 amide bonds. The van der Waals surface area contributed by atoms with E-state index in [2.05, 4.69) is 10.6 Å². The molecule has 5 aromatic rings. The van der Waals surface area contributed by atoms with Crippen LogP contribution in [-0.4, -0.2) is 10.5 Å². The number of aromatic nitrogens is 1. The quantitative estimate of drug-likeness (QED) is 0.360. The van der Waals surface area contributed by atoms with E-state index in [0.717, 1.165) is 38.7 Å². The highest BCUT2D eigenvalue weighted by Crippen LogP contribution is 2.35. The summed E-state index contributed by atoms with van der Waals surface area (Å²) in [4.78, 5) is 12.1. The van der Waals surface area contributed by atoms with Crippen LogP contribution < -0.4 is 5.73 Å². The van der Waals surface area contributed by atoms with Gasteiger partial charge in [0.05, 0.1) is 17.3 Å². The van der Waals surface area contributed by atoms with Crippen LogP contribution in [0, 0.1) is 6.07 Å². The number of halogens is 2. The molecule has 1 radical (unpaired) electrons. The molecule has 147 valence electrons. The van der Waals surface area contributed by atoms with E-state index in [1.54, 1.807) is 18.4 Å². The number of furan rings is 1. The van der Waals surface area contributed by atoms with Gasteiger partial charge in [0, 0.05) is 38.5 Å². The highest BCUT2D eigenvalue weighted by Gasteiger charge is 2.18. The monoisotopic (exact) mass is 433 g/mol. The molecule has 0 atom stereocenters. The highest BCUT2D eigenvalue weighted by molar-refractivity contribution is 6.34. The van der Waals surface area contributed by atoms with Crippen molar-refractivity contribution in [3.63, 3.8) is 0 Å². The summed E-state index contributed by atoms with van der Waals surface area (Å²) in [5.74, 6) is 0.264. The van der Waals surface area contributed by atoms with Gasteiger partial charge in [0.25, 0.3) is 0 Å². The first-order valence-corrected chi connectivity index (χ1v) is 10.0. The number of nitrogens with two attached hydrogens (primary N) is 1. The van der Waals surface area contributed by atoms with Crippen molar-refractivity contribution in [1.29, 1.82) is 0 Å². The Balaban J connectivity index is 1.82. The Morgan fingerprint density at radius 2 is 1.83 bits per heavy atom. The minimum absolute atomic E-state index is 0.461. The van der Waals surface area contributed by atoms with Gasteiger partial charge in [-0.3, -0.25) is 4.79 Å². The van der Waals surface area contributed by atoms with Crippen LogP contribution in [0.15, 0.2) is 71.3 Å². The zero-order chi connectivity index (χ0) is 20.8. The average Bonchev–Trinajstić information content (AvgIpc) is 3.34. The van der Waals surface area contributed by atoms with Crippen LogP contribution in [0.4, 0.5) is 0 Å². The van der Waals surface area contributed by atoms with E-state index in [0.29, 0.717) is 22.2 Å². The number of carbonyl (C=O) groups excluding carboxylic acids is 1. The molecule has 0 fully saturated rings. The second-order valence-corrected chi connectivity index (χ2v) is 7.93. The van der Waals surface area contributed by atoms with Crippen LogP contribution >= 0.6 is 23.2 Å². The zero-order valence-corrected chi connectivity index (χ0v) is 17.2. The molecular weight excluding hydrogens is 419 g/mol. The van der Waals surface area contributed by atoms with E-state index in [1.165, 1.54) is 0 Å². The van der Waals surface area contributed by atoms with E-state index < -0.39 is 5.91 Å². The predicted octanol–water partition coefficient (Wildman–Crippen LogP) is 6.31. The molecule has 0 spiro atoms. The second kappa shape index (κ2) is 7.24. The van der Waals surface area contributed by atoms with Crippen LogP contribution in [0.1, 0.15) is 15.9 Å². The Labute approximate surface area is 182 Å². The smallest absolute Gasteiger partial charge is 0.249 e. The summed E-state index contributed by atoms with van der Waals surface area (Å²) in [5, 5.41) is 2.74. The number of rotatable bonds is 4. The van der Waals surface area contributed by atoms with E-state index >= 15 is 0 Å². The Morgan fingerprint density at radius 1 is 1.03 bits per heavy atom. The summed E-state index contributed by atoms with van der Waals surface area (Å²) in [6.07, 6.45) is 1.63. The van der Waals surface area contributed by atoms with Crippen LogP contribution in [0.2, 0.25) is 10.0 Å². The topological polar surface area (TPSA) is 61.2 Å². The van der Waals surface area contributed by atoms with Crippen molar-refractivity contribution in [1.82, 2.24) is 4.57 Å². The van der Waals surface area contributed by atoms with Gasteiger partial charge in [0.15, 0.2) is 0 Å². The van der Waals surface area contributed by atoms with Crippen LogP contribution in [-0.2, 0) is 6.54 Å². The molecule has 0 saturated heterocycles. The van der Waals surface area contributed by atoms with Gasteiger partial charge in [-0.05, 0) is 66.2 Å². The third kappa shape index (κ3) is 3.15. The molecule has 4 nitrogen and oxygen atoms in total. The number of hydrogen-bond acceptors (Lipinski definition) is 2. The minimum atomic E-state index is -0.478. The van der Waals surface area contributed by atoms with E-state index in [-0.39, 0.29) is 0 Å². The fourth-order valence-electron chi connectivity index (χ4n) is 3.90. The van der Waals surface area contributed by atoms with Gasteiger partial charge < -0.3 is 14.7 Å². The molecule has 30 heavy (non-hydrogen) atoms. The van der Waals surface area contributed by atoms with Gasteiger partial charge in [-0.2, -0.15) is 0 Å². The van der Waals surface area contributed by atoms with Crippen molar-refractivity contribution >= 4 is 50.9 Å². The first-order chi connectivity index (χ1) is 14.5. The first kappa shape index (κ1) is 18.8. The summed E-state index contributed by atoms with van der Waals surface area (Å²) in [7, 11) is 0. The van der Waals surface area contributed by atoms with Crippen molar-refractivity contribution in [2.45, 2.75) is 6.54 Å². The van der Waals surface area contributed by atoms with Gasteiger partial charge in [0.2, 0.25) is 5.91 Å². The fourth-order valence-corrected chi connectivity index (χ4v) is 4.47. The normalized spacial score (nSPS) is 11.4. The third-order valence-corrected chi connectivity index (χ3v) is 5.57. The van der Waals surface area contributed by atoms with Gasteiger partial charge in [-0.25, -0.2) is 0 Å². The van der Waals surface area contributed by atoms with E-state index in [9.17, 15) is 4.79 Å². The highest BCUT2D eigenvalue weighted by atomic mass is 35.5. The van der Waals surface area contributed by atoms with Crippen LogP contribution in [0.5, 0.6) is 0 Å². The fraction of sp³-hybridized carbons (Fsp3) is 0.0417. The maximum absolute atomic E-state index is 12.1. The predicted molar refractivity (Wildman–Crippen MR) is 120 cm³/mol. The molecule has 2 heterocycles. The Morgan fingerprint density at radius 3 is 2.53 bits per heavy atom. The lowest BCUT2D eigenvalue weighted by Crippen LogP contribution is -2.11. The lowest BCUT2D eigenvalue weighted by atomic mass is 10.0. The maximum Gasteiger partial charge on any atom is 0.249 e. The molecule has 2 aromatic heterocycles. The molecule has 3 aromatic carbocycles. The third-order valence-electron chi connectivity index (χ3n) is 5.13. The first-order valence-electron chi connectivity index (χ1n) is 9.26. The van der Waals surface area contributed by atoms with E-state index in [1.807, 2.05) is 48.5 Å². The SMILES string of the molecule is NC(=O)c1cccc2c1c1[c]cc(-c3ccco3)cc1n2Cc1cc(Cl)cc(Cl)c1. The molecule has 0 aliphatic heterocycles. The van der Waals surface area contributed by atoms with Crippen molar-refractivity contribution in [2.75, 3.05) is 0 Å². The summed E-state index contributed by atoms with van der Waals surface area (Å²) in [6, 6.07) is 21.9. The zero-order valence-electron chi connectivity index (χ0n) is 15.7. The maximum atomic E-state index is 12.1. The van der Waals surface area contributed by atoms with Gasteiger partial charge in [0.1, 0.15) is 5.76 Å². The molecule has 2 N–H and O–H groups in total. The lowest BCUT2D eigenvalue weighted by Gasteiger charge is -2.10. The lowest BCUT2D eigenvalue weighted by molar-refractivity contribution is 0.100. The molecule has 0 bridgehead atoms. The molecule has 0 aliphatic carbocycles. The Kier molecular flexibility index (Phi) is 4.54. The summed E-state index contributed by atoms with van der Waals surface area (Å²) in [5.41, 5.74) is 9.75. The molecule has 6 heteroatoms. The Hall–Kier alpha value is -3.21. The number of benzene rings is 3. The second-order valence-electron chi connectivity index (χ2n) is 7.05. The number of amides is 1. The number of carbonyl (C=O) groups is 1. The molecule has 0 aliphatic rings. The van der Waals surface area contributed by atoms with Gasteiger partial charge in [-0.15, -0.1) is 0 Å². The average molecular weight is 434 g/mol. The van der Waals surface area contributed by atoms with Crippen molar-refractivity contribution in [3.05, 3.63) is 94.2 Å². The summed E-state index contributed by atoms with van der Waals surface area (Å²) < 4.78 is 7.67. The summed E-state index contributed by atoms with van der Waals surface area (Å²) >= 11 is 12.4. The molecule has 0 saturated carbocycles.